The Kier molecular flexibility index (Phi) is 4.83. The molecule has 34 heavy (non-hydrogen) atoms. The van der Waals surface area contributed by atoms with Crippen molar-refractivity contribution in [1.29, 1.82) is 0 Å². The first kappa shape index (κ1) is 21.1. The van der Waals surface area contributed by atoms with E-state index in [9.17, 15) is 19.2 Å². The number of amides is 3. The van der Waals surface area contributed by atoms with Gasteiger partial charge in [0.15, 0.2) is 0 Å². The fourth-order valence-electron chi connectivity index (χ4n) is 6.44. The van der Waals surface area contributed by atoms with Crippen LogP contribution in [0.2, 0.25) is 0 Å². The van der Waals surface area contributed by atoms with Crippen molar-refractivity contribution in [1.82, 2.24) is 0 Å². The van der Waals surface area contributed by atoms with Gasteiger partial charge in [0.2, 0.25) is 17.7 Å². The van der Waals surface area contributed by atoms with Crippen LogP contribution in [-0.4, -0.2) is 30.2 Å². The quantitative estimate of drug-likeness (QED) is 0.398. The lowest BCUT2D eigenvalue weighted by Crippen LogP contribution is -2.32. The molecule has 2 aromatic rings. The minimum atomic E-state index is -0.552. The molecule has 0 N–H and O–H groups in total. The molecular weight excluding hydrogens is 432 g/mol. The van der Waals surface area contributed by atoms with Crippen LogP contribution in [0.25, 0.3) is 0 Å². The first-order valence-corrected chi connectivity index (χ1v) is 12.0. The van der Waals surface area contributed by atoms with E-state index in [1.165, 1.54) is 4.90 Å². The van der Waals surface area contributed by atoms with Gasteiger partial charge in [-0.15, -0.1) is 0 Å². The molecule has 4 fully saturated rings. The van der Waals surface area contributed by atoms with Crippen LogP contribution in [0.5, 0.6) is 5.75 Å². The molecule has 5 atom stereocenters. The Morgan fingerprint density at radius 2 is 1.59 bits per heavy atom. The fourth-order valence-corrected chi connectivity index (χ4v) is 6.44. The third kappa shape index (κ3) is 3.25. The lowest BCUT2D eigenvalue weighted by Gasteiger charge is -2.19. The van der Waals surface area contributed by atoms with Crippen molar-refractivity contribution < 1.29 is 23.9 Å². The highest BCUT2D eigenvalue weighted by atomic mass is 16.5. The molecule has 7 nitrogen and oxygen atoms in total. The van der Waals surface area contributed by atoms with Gasteiger partial charge in [-0.25, -0.2) is 0 Å². The van der Waals surface area contributed by atoms with Crippen molar-refractivity contribution in [2.45, 2.75) is 32.6 Å². The number of rotatable bonds is 4. The molecule has 2 aliphatic carbocycles. The molecule has 2 saturated carbocycles. The molecule has 2 saturated heterocycles. The summed E-state index contributed by atoms with van der Waals surface area (Å²) in [6, 6.07) is 14.1. The molecule has 0 spiro atoms. The van der Waals surface area contributed by atoms with Gasteiger partial charge >= 0.3 is 5.97 Å². The Bertz CT molecular complexity index is 1180. The number of fused-ring (bicyclic) bond motifs is 5. The van der Waals surface area contributed by atoms with E-state index in [4.69, 9.17) is 4.74 Å². The standard InChI is InChI=1S/C27H26N2O5/c1-15-3-2-4-20(11-15)28-14-18(13-22(28)30)27(33)34-21-9-7-19(8-10-21)29-25(31)23-16-5-6-17(12-16)24(23)26(29)32/h2-4,7-11,16-18,23-24H,5-6,12-14H2,1H3/t16-,17-,18-,23-,24+/m0/s1. The van der Waals surface area contributed by atoms with Gasteiger partial charge in [0.1, 0.15) is 5.75 Å². The van der Waals surface area contributed by atoms with Crippen molar-refractivity contribution in [2.24, 2.45) is 29.6 Å². The summed E-state index contributed by atoms with van der Waals surface area (Å²) in [6.45, 7) is 2.24. The van der Waals surface area contributed by atoms with Gasteiger partial charge in [0.25, 0.3) is 0 Å². The molecule has 2 aromatic carbocycles. The summed E-state index contributed by atoms with van der Waals surface area (Å²) < 4.78 is 5.54. The van der Waals surface area contributed by atoms with Gasteiger partial charge < -0.3 is 9.64 Å². The highest BCUT2D eigenvalue weighted by Crippen LogP contribution is 2.56. The zero-order chi connectivity index (χ0) is 23.6. The van der Waals surface area contributed by atoms with Crippen LogP contribution in [0.15, 0.2) is 48.5 Å². The first-order chi connectivity index (χ1) is 16.4. The predicted molar refractivity (Wildman–Crippen MR) is 124 cm³/mol. The Morgan fingerprint density at radius 1 is 0.912 bits per heavy atom. The topological polar surface area (TPSA) is 84.0 Å². The smallest absolute Gasteiger partial charge is 0.316 e. The number of carbonyl (C=O) groups is 4. The number of benzene rings is 2. The molecule has 3 amide bonds. The number of ether oxygens (including phenoxy) is 1. The van der Waals surface area contributed by atoms with Gasteiger partial charge in [-0.3, -0.25) is 24.1 Å². The lowest BCUT2D eigenvalue weighted by atomic mass is 9.81. The number of aryl methyl sites for hydroxylation is 1. The molecule has 174 valence electrons. The molecule has 7 heteroatoms. The minimum absolute atomic E-state index is 0.0901. The van der Waals surface area contributed by atoms with Crippen LogP contribution in [0.4, 0.5) is 11.4 Å². The summed E-state index contributed by atoms with van der Waals surface area (Å²) in [6.07, 6.45) is 3.18. The van der Waals surface area contributed by atoms with Crippen LogP contribution in [0, 0.1) is 36.5 Å². The lowest BCUT2D eigenvalue weighted by molar-refractivity contribution is -0.139. The highest BCUT2D eigenvalue weighted by molar-refractivity contribution is 6.22. The number of nitrogens with zero attached hydrogens (tertiary/aromatic N) is 2. The molecule has 0 radical (unpaired) electrons. The summed E-state index contributed by atoms with van der Waals surface area (Å²) in [7, 11) is 0. The van der Waals surface area contributed by atoms with Crippen molar-refractivity contribution >= 4 is 35.1 Å². The van der Waals surface area contributed by atoms with E-state index in [1.807, 2.05) is 31.2 Å². The summed E-state index contributed by atoms with van der Waals surface area (Å²) in [5, 5.41) is 0. The van der Waals surface area contributed by atoms with Crippen LogP contribution in [0.1, 0.15) is 31.2 Å². The maximum atomic E-state index is 13.0. The van der Waals surface area contributed by atoms with Crippen LogP contribution >= 0.6 is 0 Å². The molecule has 4 aliphatic rings. The average molecular weight is 459 g/mol. The second kappa shape index (κ2) is 7.79. The predicted octanol–water partition coefficient (Wildman–Crippen LogP) is 3.49. The van der Waals surface area contributed by atoms with Crippen molar-refractivity contribution in [3.8, 4) is 5.75 Å². The Hall–Kier alpha value is -3.48. The Balaban J connectivity index is 1.12. The average Bonchev–Trinajstić information content (AvgIpc) is 3.58. The molecular formula is C27H26N2O5. The van der Waals surface area contributed by atoms with Crippen molar-refractivity contribution in [2.75, 3.05) is 16.3 Å². The maximum absolute atomic E-state index is 13.0. The van der Waals surface area contributed by atoms with Crippen molar-refractivity contribution in [3.63, 3.8) is 0 Å². The van der Waals surface area contributed by atoms with E-state index in [2.05, 4.69) is 0 Å². The number of carbonyl (C=O) groups excluding carboxylic acids is 4. The summed E-state index contributed by atoms with van der Waals surface area (Å²) in [5.74, 6) is -0.626. The minimum Gasteiger partial charge on any atom is -0.426 e. The fraction of sp³-hybridized carbons (Fsp3) is 0.407. The summed E-state index contributed by atoms with van der Waals surface area (Å²) >= 11 is 0. The number of hydrogen-bond donors (Lipinski definition) is 0. The van der Waals surface area contributed by atoms with Gasteiger partial charge in [-0.2, -0.15) is 0 Å². The van der Waals surface area contributed by atoms with Crippen LogP contribution in [-0.2, 0) is 19.2 Å². The molecule has 0 unspecified atom stereocenters. The Labute approximate surface area is 197 Å². The second-order valence-electron chi connectivity index (χ2n) is 10.1. The zero-order valence-electron chi connectivity index (χ0n) is 19.0. The Morgan fingerprint density at radius 3 is 2.24 bits per heavy atom. The maximum Gasteiger partial charge on any atom is 0.316 e. The normalized spacial score (nSPS) is 29.8. The monoisotopic (exact) mass is 458 g/mol. The van der Waals surface area contributed by atoms with Gasteiger partial charge in [0, 0.05) is 18.7 Å². The molecule has 2 heterocycles. The van der Waals surface area contributed by atoms with E-state index in [0.717, 1.165) is 30.5 Å². The number of anilines is 2. The second-order valence-corrected chi connectivity index (χ2v) is 10.1. The third-order valence-electron chi connectivity index (χ3n) is 8.01. The zero-order valence-corrected chi connectivity index (χ0v) is 19.0. The van der Waals surface area contributed by atoms with E-state index in [0.29, 0.717) is 23.3 Å². The summed E-state index contributed by atoms with van der Waals surface area (Å²) in [4.78, 5) is 54.2. The molecule has 2 bridgehead atoms. The highest BCUT2D eigenvalue weighted by Gasteiger charge is 2.61. The molecule has 0 aromatic heterocycles. The number of imide groups is 1. The SMILES string of the molecule is Cc1cccc(N2C[C@@H](C(=O)Oc3ccc(N4C(=O)[C@@H]5[C@H]6CC[C@@H](C6)[C@@H]5C4=O)cc3)CC2=O)c1. The van der Waals surface area contributed by atoms with Gasteiger partial charge in [0.05, 0.1) is 23.4 Å². The first-order valence-electron chi connectivity index (χ1n) is 12.0. The van der Waals surface area contributed by atoms with Crippen LogP contribution in [0.3, 0.4) is 0 Å². The van der Waals surface area contributed by atoms with Gasteiger partial charge in [-0.1, -0.05) is 12.1 Å². The van der Waals surface area contributed by atoms with Crippen molar-refractivity contribution in [3.05, 3.63) is 54.1 Å². The summed E-state index contributed by atoms with van der Waals surface area (Å²) in [5.41, 5.74) is 2.34. The van der Waals surface area contributed by atoms with Crippen LogP contribution < -0.4 is 14.5 Å². The van der Waals surface area contributed by atoms with E-state index in [1.54, 1.807) is 29.2 Å². The third-order valence-corrected chi connectivity index (χ3v) is 8.01. The van der Waals surface area contributed by atoms with Gasteiger partial charge in [-0.05, 0) is 80.0 Å². The number of hydrogen-bond acceptors (Lipinski definition) is 5. The largest absolute Gasteiger partial charge is 0.426 e. The van der Waals surface area contributed by atoms with E-state index in [-0.39, 0.29) is 42.5 Å². The molecule has 2 aliphatic heterocycles. The van der Waals surface area contributed by atoms with E-state index < -0.39 is 11.9 Å². The molecule has 6 rings (SSSR count). The number of esters is 1. The van der Waals surface area contributed by atoms with E-state index >= 15 is 0 Å².